The first-order chi connectivity index (χ1) is 13.1. The fraction of sp³-hybridized carbons (Fsp3) is 0.176. The van der Waals surface area contributed by atoms with Gasteiger partial charge in [-0.2, -0.15) is 8.78 Å². The highest BCUT2D eigenvalue weighted by atomic mass is 35.5. The summed E-state index contributed by atoms with van der Waals surface area (Å²) < 4.78 is 88.1. The number of benzene rings is 2. The fourth-order valence-electron chi connectivity index (χ4n) is 1.96. The summed E-state index contributed by atoms with van der Waals surface area (Å²) in [5, 5.41) is -0.168. The molecule has 0 aromatic heterocycles. The van der Waals surface area contributed by atoms with E-state index in [1.54, 1.807) is 0 Å². The predicted molar refractivity (Wildman–Crippen MR) is 82.8 cm³/mol. The zero-order chi connectivity index (χ0) is 21.0. The average molecular weight is 427 g/mol. The van der Waals surface area contributed by atoms with Gasteiger partial charge in [0.05, 0.1) is 5.02 Å². The van der Waals surface area contributed by atoms with Crippen LogP contribution in [0.5, 0.6) is 11.5 Å². The molecule has 0 aliphatic rings. The second-order valence-electron chi connectivity index (χ2n) is 5.25. The van der Waals surface area contributed by atoms with E-state index in [2.05, 4.69) is 4.74 Å². The number of halogens is 7. The van der Waals surface area contributed by atoms with Crippen LogP contribution in [-0.2, 0) is 9.59 Å². The molecule has 0 aliphatic carbocycles. The molecule has 4 nitrogen and oxygen atoms in total. The summed E-state index contributed by atoms with van der Waals surface area (Å²) in [5.41, 5.74) is 0. The van der Waals surface area contributed by atoms with Crippen molar-refractivity contribution in [1.29, 1.82) is 0 Å². The van der Waals surface area contributed by atoms with E-state index in [9.17, 15) is 35.9 Å². The molecule has 0 saturated carbocycles. The molecule has 2 rings (SSSR count). The molecule has 0 amide bonds. The molecule has 150 valence electrons. The van der Waals surface area contributed by atoms with Crippen LogP contribution < -0.4 is 9.47 Å². The van der Waals surface area contributed by atoms with Crippen LogP contribution in [0, 0.1) is 34.9 Å². The molecule has 2 aromatic rings. The highest BCUT2D eigenvalue weighted by Crippen LogP contribution is 2.30. The van der Waals surface area contributed by atoms with Gasteiger partial charge in [0.1, 0.15) is 0 Å². The van der Waals surface area contributed by atoms with Gasteiger partial charge in [-0.1, -0.05) is 17.7 Å². The maximum absolute atomic E-state index is 13.5. The molecular weight excluding hydrogens is 418 g/mol. The Labute approximate surface area is 158 Å². The lowest BCUT2D eigenvalue weighted by Gasteiger charge is -2.09. The van der Waals surface area contributed by atoms with Crippen molar-refractivity contribution in [2.24, 2.45) is 0 Å². The molecule has 0 aliphatic heterocycles. The van der Waals surface area contributed by atoms with Crippen LogP contribution in [0.1, 0.15) is 19.3 Å². The van der Waals surface area contributed by atoms with Crippen LogP contribution in [0.3, 0.4) is 0 Å². The third-order valence-electron chi connectivity index (χ3n) is 3.28. The summed E-state index contributed by atoms with van der Waals surface area (Å²) in [6.07, 6.45) is -1.35. The van der Waals surface area contributed by atoms with E-state index in [-0.39, 0.29) is 11.4 Å². The quantitative estimate of drug-likeness (QED) is 0.218. The van der Waals surface area contributed by atoms with Gasteiger partial charge >= 0.3 is 11.9 Å². The van der Waals surface area contributed by atoms with Crippen LogP contribution in [0.15, 0.2) is 18.2 Å². The smallest absolute Gasteiger partial charge is 0.311 e. The lowest BCUT2D eigenvalue weighted by molar-refractivity contribution is -0.136. The lowest BCUT2D eigenvalue weighted by Crippen LogP contribution is -2.15. The largest absolute Gasteiger partial charge is 0.422 e. The summed E-state index contributed by atoms with van der Waals surface area (Å²) in [6, 6.07) is 3.55. The van der Waals surface area contributed by atoms with Crippen molar-refractivity contribution in [3.8, 4) is 11.5 Å². The van der Waals surface area contributed by atoms with Crippen LogP contribution in [0.25, 0.3) is 0 Å². The average Bonchev–Trinajstić information content (AvgIpc) is 2.65. The first kappa shape index (κ1) is 21.5. The van der Waals surface area contributed by atoms with Gasteiger partial charge in [-0.25, -0.2) is 17.6 Å². The van der Waals surface area contributed by atoms with Crippen molar-refractivity contribution < 1.29 is 45.4 Å². The molecule has 0 saturated heterocycles. The van der Waals surface area contributed by atoms with Crippen molar-refractivity contribution in [3.05, 3.63) is 58.1 Å². The SMILES string of the molecule is O=C(CCCC(=O)Oc1c(F)c(F)c(F)c(F)c1F)Oc1c(F)cccc1Cl. The third-order valence-corrected chi connectivity index (χ3v) is 3.58. The van der Waals surface area contributed by atoms with E-state index in [0.717, 1.165) is 6.07 Å². The fourth-order valence-corrected chi connectivity index (χ4v) is 2.16. The molecular formula is C17H9ClF6O4. The number of carbonyl (C=O) groups excluding carboxylic acids is 2. The highest BCUT2D eigenvalue weighted by Gasteiger charge is 2.28. The molecule has 28 heavy (non-hydrogen) atoms. The van der Waals surface area contributed by atoms with E-state index in [0.29, 0.717) is 0 Å². The van der Waals surface area contributed by atoms with Crippen LogP contribution in [0.2, 0.25) is 5.02 Å². The molecule has 0 atom stereocenters. The Balaban J connectivity index is 1.93. The summed E-state index contributed by atoms with van der Waals surface area (Å²) >= 11 is 5.66. The number of ether oxygens (including phenoxy) is 2. The Kier molecular flexibility index (Phi) is 6.90. The zero-order valence-corrected chi connectivity index (χ0v) is 14.4. The Bertz CT molecular complexity index is 885. The van der Waals surface area contributed by atoms with Gasteiger partial charge in [-0.05, 0) is 18.6 Å². The molecule has 2 aromatic carbocycles. The van der Waals surface area contributed by atoms with Gasteiger partial charge in [0.2, 0.25) is 34.8 Å². The summed E-state index contributed by atoms with van der Waals surface area (Å²) in [4.78, 5) is 23.2. The molecule has 0 N–H and O–H groups in total. The number of esters is 2. The van der Waals surface area contributed by atoms with E-state index < -0.39 is 71.2 Å². The van der Waals surface area contributed by atoms with Gasteiger partial charge in [0.25, 0.3) is 0 Å². The summed E-state index contributed by atoms with van der Waals surface area (Å²) in [5.74, 6) is -17.1. The lowest BCUT2D eigenvalue weighted by atomic mass is 10.2. The van der Waals surface area contributed by atoms with Crippen LogP contribution >= 0.6 is 11.6 Å². The Morgan fingerprint density at radius 1 is 0.750 bits per heavy atom. The van der Waals surface area contributed by atoms with Gasteiger partial charge in [0, 0.05) is 12.8 Å². The van der Waals surface area contributed by atoms with Gasteiger partial charge in [-0.3, -0.25) is 9.59 Å². The number of hydrogen-bond acceptors (Lipinski definition) is 4. The van der Waals surface area contributed by atoms with E-state index in [4.69, 9.17) is 16.3 Å². The van der Waals surface area contributed by atoms with Crippen molar-refractivity contribution in [2.75, 3.05) is 0 Å². The number of para-hydroxylation sites is 1. The molecule has 11 heteroatoms. The Morgan fingerprint density at radius 3 is 1.71 bits per heavy atom. The number of hydrogen-bond donors (Lipinski definition) is 0. The first-order valence-corrected chi connectivity index (χ1v) is 7.88. The van der Waals surface area contributed by atoms with Gasteiger partial charge in [0.15, 0.2) is 11.6 Å². The standard InChI is InChI=1S/C17H9ClF6O4/c18-7-3-1-4-8(19)16(7)27-9(25)5-2-6-10(26)28-17-14(23)12(21)11(20)13(22)15(17)24/h1,3-4H,2,5-6H2. The maximum atomic E-state index is 13.5. The second kappa shape index (κ2) is 8.96. The Morgan fingerprint density at radius 2 is 1.21 bits per heavy atom. The zero-order valence-electron chi connectivity index (χ0n) is 13.6. The molecule has 0 heterocycles. The van der Waals surface area contributed by atoms with Crippen molar-refractivity contribution in [1.82, 2.24) is 0 Å². The first-order valence-electron chi connectivity index (χ1n) is 7.50. The normalized spacial score (nSPS) is 10.7. The molecule has 0 fully saturated rings. The summed E-state index contributed by atoms with van der Waals surface area (Å²) in [6.45, 7) is 0. The van der Waals surface area contributed by atoms with Crippen LogP contribution in [0.4, 0.5) is 26.3 Å². The Hall–Kier alpha value is -2.75. The van der Waals surface area contributed by atoms with E-state index >= 15 is 0 Å². The minimum atomic E-state index is -2.40. The predicted octanol–water partition coefficient (Wildman–Crippen LogP) is 4.86. The number of rotatable bonds is 6. The number of carbonyl (C=O) groups is 2. The molecule has 0 spiro atoms. The molecule has 0 radical (unpaired) electrons. The van der Waals surface area contributed by atoms with E-state index in [1.807, 2.05) is 0 Å². The second-order valence-corrected chi connectivity index (χ2v) is 5.66. The maximum Gasteiger partial charge on any atom is 0.311 e. The minimum absolute atomic E-state index is 0.168. The monoisotopic (exact) mass is 426 g/mol. The van der Waals surface area contributed by atoms with Crippen molar-refractivity contribution in [3.63, 3.8) is 0 Å². The third kappa shape index (κ3) is 4.75. The molecule has 0 unspecified atom stereocenters. The highest BCUT2D eigenvalue weighted by molar-refractivity contribution is 6.32. The van der Waals surface area contributed by atoms with Crippen LogP contribution in [-0.4, -0.2) is 11.9 Å². The summed E-state index contributed by atoms with van der Waals surface area (Å²) in [7, 11) is 0. The molecule has 0 bridgehead atoms. The van der Waals surface area contributed by atoms with Gasteiger partial charge in [-0.15, -0.1) is 0 Å². The van der Waals surface area contributed by atoms with E-state index in [1.165, 1.54) is 12.1 Å². The minimum Gasteiger partial charge on any atom is -0.422 e. The van der Waals surface area contributed by atoms with Crippen molar-refractivity contribution >= 4 is 23.5 Å². The van der Waals surface area contributed by atoms with Gasteiger partial charge < -0.3 is 9.47 Å². The van der Waals surface area contributed by atoms with Crippen molar-refractivity contribution in [2.45, 2.75) is 19.3 Å². The topological polar surface area (TPSA) is 52.6 Å².